The third-order valence-corrected chi connectivity index (χ3v) is 2.18. The fourth-order valence-electron chi connectivity index (χ4n) is 1.30. The summed E-state index contributed by atoms with van der Waals surface area (Å²) < 4.78 is 1.94. The van der Waals surface area contributed by atoms with Gasteiger partial charge in [0.15, 0.2) is 5.78 Å². The van der Waals surface area contributed by atoms with Gasteiger partial charge in [0.25, 0.3) is 0 Å². The summed E-state index contributed by atoms with van der Waals surface area (Å²) in [7, 11) is 0. The lowest BCUT2D eigenvalue weighted by Crippen LogP contribution is -2.18. The average Bonchev–Trinajstić information content (AvgIpc) is 2.60. The maximum absolute atomic E-state index is 11.2. The van der Waals surface area contributed by atoms with Crippen LogP contribution in [0, 0.1) is 0 Å². The molecule has 0 fully saturated rings. The Morgan fingerprint density at radius 3 is 3.00 bits per heavy atom. The lowest BCUT2D eigenvalue weighted by Gasteiger charge is -2.06. The van der Waals surface area contributed by atoms with E-state index < -0.39 is 6.10 Å². The minimum Gasteiger partial charge on any atom is -0.386 e. The van der Waals surface area contributed by atoms with Crippen LogP contribution in [-0.2, 0) is 17.8 Å². The maximum Gasteiger partial charge on any atom is 0.162 e. The standard InChI is InChI=1S/C10H16N2O2/c1-3-10-11-5-7-12(10)6-4-9(14)8(2)13/h5,7-8,13H,3-4,6H2,1-2H3. The molecule has 0 bridgehead atoms. The second kappa shape index (κ2) is 4.91. The molecule has 1 N–H and O–H groups in total. The van der Waals surface area contributed by atoms with Crippen LogP contribution in [0.25, 0.3) is 0 Å². The molecule has 78 valence electrons. The Labute approximate surface area is 83.6 Å². The van der Waals surface area contributed by atoms with Crippen molar-refractivity contribution in [1.82, 2.24) is 9.55 Å². The van der Waals surface area contributed by atoms with Gasteiger partial charge in [-0.05, 0) is 6.92 Å². The van der Waals surface area contributed by atoms with Crippen molar-refractivity contribution in [3.8, 4) is 0 Å². The molecule has 0 aromatic carbocycles. The third kappa shape index (κ3) is 2.67. The molecule has 1 aromatic rings. The molecule has 4 nitrogen and oxygen atoms in total. The van der Waals surface area contributed by atoms with Gasteiger partial charge in [-0.2, -0.15) is 0 Å². The Bertz CT molecular complexity index is 305. The van der Waals surface area contributed by atoms with Crippen LogP contribution in [0.1, 0.15) is 26.1 Å². The summed E-state index contributed by atoms with van der Waals surface area (Å²) in [6.45, 7) is 4.12. The van der Waals surface area contributed by atoms with Crippen LogP contribution in [0.15, 0.2) is 12.4 Å². The quantitative estimate of drug-likeness (QED) is 0.757. The molecule has 1 rings (SSSR count). The number of ketones is 1. The fraction of sp³-hybridized carbons (Fsp3) is 0.600. The first kappa shape index (κ1) is 10.9. The van der Waals surface area contributed by atoms with Crippen molar-refractivity contribution in [2.75, 3.05) is 0 Å². The van der Waals surface area contributed by atoms with Gasteiger partial charge in [0.2, 0.25) is 0 Å². The molecule has 1 aromatic heterocycles. The molecule has 1 atom stereocenters. The average molecular weight is 196 g/mol. The molecule has 0 amide bonds. The van der Waals surface area contributed by atoms with Gasteiger partial charge in [-0.1, -0.05) is 6.92 Å². The van der Waals surface area contributed by atoms with Crippen molar-refractivity contribution < 1.29 is 9.90 Å². The van der Waals surface area contributed by atoms with E-state index in [2.05, 4.69) is 4.98 Å². The molecule has 1 heterocycles. The van der Waals surface area contributed by atoms with E-state index >= 15 is 0 Å². The number of rotatable bonds is 5. The molecular formula is C10H16N2O2. The number of imidazole rings is 1. The van der Waals surface area contributed by atoms with Gasteiger partial charge >= 0.3 is 0 Å². The van der Waals surface area contributed by atoms with E-state index in [0.29, 0.717) is 13.0 Å². The first-order chi connectivity index (χ1) is 6.65. The monoisotopic (exact) mass is 196 g/mol. The Morgan fingerprint density at radius 2 is 2.43 bits per heavy atom. The number of carbonyl (C=O) groups excluding carboxylic acids is 1. The minimum absolute atomic E-state index is 0.124. The highest BCUT2D eigenvalue weighted by atomic mass is 16.3. The lowest BCUT2D eigenvalue weighted by atomic mass is 10.2. The number of Topliss-reactive ketones (excluding diaryl/α,β-unsaturated/α-hetero) is 1. The molecule has 1 unspecified atom stereocenters. The van der Waals surface area contributed by atoms with E-state index in [4.69, 9.17) is 5.11 Å². The van der Waals surface area contributed by atoms with Crippen LogP contribution in [0.2, 0.25) is 0 Å². The van der Waals surface area contributed by atoms with Gasteiger partial charge in [0.05, 0.1) is 0 Å². The van der Waals surface area contributed by atoms with Crippen LogP contribution in [0.5, 0.6) is 0 Å². The van der Waals surface area contributed by atoms with Crippen molar-refractivity contribution in [2.45, 2.75) is 39.3 Å². The molecule has 4 heteroatoms. The number of carbonyl (C=O) groups is 1. The summed E-state index contributed by atoms with van der Waals surface area (Å²) in [5.41, 5.74) is 0. The van der Waals surface area contributed by atoms with Gasteiger partial charge in [-0.25, -0.2) is 4.98 Å². The lowest BCUT2D eigenvalue weighted by molar-refractivity contribution is -0.126. The molecule has 0 aliphatic heterocycles. The van der Waals surface area contributed by atoms with Gasteiger partial charge in [0, 0.05) is 31.8 Å². The number of nitrogens with zero attached hydrogens (tertiary/aromatic N) is 2. The van der Waals surface area contributed by atoms with E-state index in [1.54, 1.807) is 6.20 Å². The van der Waals surface area contributed by atoms with Gasteiger partial charge in [-0.3, -0.25) is 4.79 Å². The number of aliphatic hydroxyl groups excluding tert-OH is 1. The van der Waals surface area contributed by atoms with E-state index in [0.717, 1.165) is 12.2 Å². The second-order valence-corrected chi connectivity index (χ2v) is 3.28. The number of aryl methyl sites for hydroxylation is 2. The molecule has 14 heavy (non-hydrogen) atoms. The summed E-state index contributed by atoms with van der Waals surface area (Å²) in [6, 6.07) is 0. The SMILES string of the molecule is CCc1nccn1CCC(=O)C(C)O. The van der Waals surface area contributed by atoms with Crippen molar-refractivity contribution in [2.24, 2.45) is 0 Å². The van der Waals surface area contributed by atoms with Gasteiger partial charge in [-0.15, -0.1) is 0 Å². The Hall–Kier alpha value is -1.16. The summed E-state index contributed by atoms with van der Waals surface area (Å²) in [6.07, 6.45) is 3.94. The Balaban J connectivity index is 2.49. The first-order valence-corrected chi connectivity index (χ1v) is 4.86. The van der Waals surface area contributed by atoms with Crippen LogP contribution < -0.4 is 0 Å². The topological polar surface area (TPSA) is 55.1 Å². The smallest absolute Gasteiger partial charge is 0.162 e. The van der Waals surface area contributed by atoms with Crippen LogP contribution in [0.4, 0.5) is 0 Å². The van der Waals surface area contributed by atoms with Crippen molar-refractivity contribution in [3.63, 3.8) is 0 Å². The predicted octanol–water partition coefficient (Wildman–Crippen LogP) is 0.785. The highest BCUT2D eigenvalue weighted by Gasteiger charge is 2.09. The zero-order chi connectivity index (χ0) is 10.6. The maximum atomic E-state index is 11.2. The molecule has 0 aliphatic carbocycles. The number of hydrogen-bond acceptors (Lipinski definition) is 3. The number of hydrogen-bond donors (Lipinski definition) is 1. The molecule has 0 saturated heterocycles. The van der Waals surface area contributed by atoms with E-state index in [1.165, 1.54) is 6.92 Å². The number of aromatic nitrogens is 2. The van der Waals surface area contributed by atoms with Crippen LogP contribution in [-0.4, -0.2) is 26.5 Å². The fourth-order valence-corrected chi connectivity index (χ4v) is 1.30. The Kier molecular flexibility index (Phi) is 3.83. The number of aliphatic hydroxyl groups is 1. The van der Waals surface area contributed by atoms with Gasteiger partial charge in [0.1, 0.15) is 11.9 Å². The highest BCUT2D eigenvalue weighted by molar-refractivity contribution is 5.82. The molecule has 0 aliphatic rings. The molecular weight excluding hydrogens is 180 g/mol. The van der Waals surface area contributed by atoms with Crippen molar-refractivity contribution in [1.29, 1.82) is 0 Å². The molecule has 0 radical (unpaired) electrons. The summed E-state index contributed by atoms with van der Waals surface area (Å²) in [5, 5.41) is 9.00. The minimum atomic E-state index is -0.858. The zero-order valence-electron chi connectivity index (χ0n) is 8.60. The Morgan fingerprint density at radius 1 is 1.71 bits per heavy atom. The second-order valence-electron chi connectivity index (χ2n) is 3.28. The summed E-state index contributed by atoms with van der Waals surface area (Å²) >= 11 is 0. The third-order valence-electron chi connectivity index (χ3n) is 2.18. The normalized spacial score (nSPS) is 12.8. The van der Waals surface area contributed by atoms with E-state index in [-0.39, 0.29) is 5.78 Å². The zero-order valence-corrected chi connectivity index (χ0v) is 8.60. The largest absolute Gasteiger partial charge is 0.386 e. The summed E-state index contributed by atoms with van der Waals surface area (Å²) in [4.78, 5) is 15.3. The highest BCUT2D eigenvalue weighted by Crippen LogP contribution is 2.01. The predicted molar refractivity (Wildman–Crippen MR) is 52.9 cm³/mol. The van der Waals surface area contributed by atoms with Crippen molar-refractivity contribution in [3.05, 3.63) is 18.2 Å². The molecule has 0 spiro atoms. The van der Waals surface area contributed by atoms with E-state index in [9.17, 15) is 4.79 Å². The van der Waals surface area contributed by atoms with Gasteiger partial charge < -0.3 is 9.67 Å². The molecule has 0 saturated carbocycles. The van der Waals surface area contributed by atoms with Crippen LogP contribution in [0.3, 0.4) is 0 Å². The van der Waals surface area contributed by atoms with Crippen LogP contribution >= 0.6 is 0 Å². The summed E-state index contributed by atoms with van der Waals surface area (Å²) in [5.74, 6) is 0.851. The van der Waals surface area contributed by atoms with E-state index in [1.807, 2.05) is 17.7 Å². The first-order valence-electron chi connectivity index (χ1n) is 4.86. The van der Waals surface area contributed by atoms with Crippen molar-refractivity contribution >= 4 is 5.78 Å².